The lowest BCUT2D eigenvalue weighted by Gasteiger charge is -2.17. The van der Waals surface area contributed by atoms with E-state index in [1.54, 1.807) is 0 Å². The summed E-state index contributed by atoms with van der Waals surface area (Å²) in [5, 5.41) is 4.42. The van der Waals surface area contributed by atoms with Crippen LogP contribution in [0.1, 0.15) is 40.0 Å². The molecule has 1 aromatic carbocycles. The second-order valence-electron chi connectivity index (χ2n) is 5.51. The molecule has 0 amide bonds. The first-order chi connectivity index (χ1) is 7.87. The van der Waals surface area contributed by atoms with Gasteiger partial charge in [-0.1, -0.05) is 50.4 Å². The summed E-state index contributed by atoms with van der Waals surface area (Å²) in [5.41, 5.74) is 1.39. The van der Waals surface area contributed by atoms with Crippen molar-refractivity contribution in [3.8, 4) is 0 Å². The Balaban J connectivity index is 2.27. The summed E-state index contributed by atoms with van der Waals surface area (Å²) in [7, 11) is 0. The second kappa shape index (κ2) is 6.51. The Kier molecular flexibility index (Phi) is 5.61. The monoisotopic (exact) mass is 272 g/mol. The fourth-order valence-corrected chi connectivity index (χ4v) is 2.10. The van der Waals surface area contributed by atoms with Gasteiger partial charge < -0.3 is 5.32 Å². The molecule has 0 saturated heterocycles. The number of halogens is 2. The van der Waals surface area contributed by atoms with E-state index in [0.29, 0.717) is 15.5 Å². The molecule has 1 rings (SSSR count). The van der Waals surface area contributed by atoms with Crippen LogP contribution in [0.15, 0.2) is 12.1 Å². The molecule has 0 fully saturated rings. The number of anilines is 1. The van der Waals surface area contributed by atoms with E-state index in [2.05, 4.69) is 32.2 Å². The summed E-state index contributed by atoms with van der Waals surface area (Å²) in [4.78, 5) is 0. The van der Waals surface area contributed by atoms with Crippen LogP contribution in [0.3, 0.4) is 0 Å². The van der Waals surface area contributed by atoms with Gasteiger partial charge in [0, 0.05) is 18.3 Å². The van der Waals surface area contributed by atoms with Gasteiger partial charge in [0.2, 0.25) is 0 Å². The third kappa shape index (κ3) is 6.80. The van der Waals surface area contributed by atoms with E-state index in [-0.39, 0.29) is 0 Å². The molecule has 0 aliphatic carbocycles. The zero-order valence-electron chi connectivity index (χ0n) is 10.7. The average Bonchev–Trinajstić information content (AvgIpc) is 2.13. The highest BCUT2D eigenvalue weighted by Gasteiger charge is 2.08. The summed E-state index contributed by atoms with van der Waals surface area (Å²) in [6.07, 6.45) is 3.64. The Bertz CT molecular complexity index is 335. The average molecular weight is 273 g/mol. The van der Waals surface area contributed by atoms with Crippen LogP contribution in [-0.4, -0.2) is 6.54 Å². The summed E-state index contributed by atoms with van der Waals surface area (Å²) >= 11 is 11.7. The summed E-state index contributed by atoms with van der Waals surface area (Å²) in [6, 6.07) is 6.51. The predicted molar refractivity (Wildman–Crippen MR) is 77.1 cm³/mol. The van der Waals surface area contributed by atoms with E-state index < -0.39 is 0 Å². The molecule has 17 heavy (non-hydrogen) atoms. The first-order valence-corrected chi connectivity index (χ1v) is 6.75. The van der Waals surface area contributed by atoms with Crippen LogP contribution in [0.4, 0.5) is 5.69 Å². The lowest BCUT2D eigenvalue weighted by molar-refractivity contribution is 0.362. The van der Waals surface area contributed by atoms with Crippen molar-refractivity contribution in [1.29, 1.82) is 0 Å². The molecule has 0 aliphatic heterocycles. The van der Waals surface area contributed by atoms with Gasteiger partial charge in [0.1, 0.15) is 0 Å². The topological polar surface area (TPSA) is 12.0 Å². The van der Waals surface area contributed by atoms with Gasteiger partial charge in [-0.25, -0.2) is 0 Å². The summed E-state index contributed by atoms with van der Waals surface area (Å²) < 4.78 is 0. The van der Waals surface area contributed by atoms with Crippen molar-refractivity contribution in [2.24, 2.45) is 5.41 Å². The predicted octanol–water partition coefficient (Wildman–Crippen LogP) is 5.42. The summed E-state index contributed by atoms with van der Waals surface area (Å²) in [6.45, 7) is 7.76. The minimum Gasteiger partial charge on any atom is -0.385 e. The fourth-order valence-electron chi connectivity index (χ4n) is 1.62. The molecule has 0 bridgehead atoms. The normalized spacial score (nSPS) is 11.6. The van der Waals surface area contributed by atoms with Crippen molar-refractivity contribution in [2.45, 2.75) is 40.0 Å². The summed E-state index contributed by atoms with van der Waals surface area (Å²) in [5.74, 6) is 0. The van der Waals surface area contributed by atoms with Gasteiger partial charge in [-0.3, -0.25) is 0 Å². The van der Waals surface area contributed by atoms with Crippen LogP contribution in [0.5, 0.6) is 0 Å². The van der Waals surface area contributed by atoms with Crippen molar-refractivity contribution in [3.63, 3.8) is 0 Å². The van der Waals surface area contributed by atoms with Gasteiger partial charge in [0.05, 0.1) is 10.0 Å². The Labute approximate surface area is 115 Å². The Morgan fingerprint density at radius 2 is 1.71 bits per heavy atom. The molecular formula is C14H20Cl2N. The molecule has 3 heteroatoms. The minimum atomic E-state index is 0.425. The molecule has 1 nitrogen and oxygen atoms in total. The molecular weight excluding hydrogens is 253 g/mol. The quantitative estimate of drug-likeness (QED) is 0.706. The molecule has 0 heterocycles. The molecule has 0 saturated carbocycles. The van der Waals surface area contributed by atoms with Gasteiger partial charge in [-0.15, -0.1) is 0 Å². The lowest BCUT2D eigenvalue weighted by atomic mass is 9.90. The van der Waals surface area contributed by atoms with Crippen molar-refractivity contribution in [1.82, 2.24) is 0 Å². The second-order valence-corrected chi connectivity index (χ2v) is 6.32. The number of nitrogens with one attached hydrogen (secondary N) is 1. The minimum absolute atomic E-state index is 0.425. The maximum atomic E-state index is 5.87. The van der Waals surface area contributed by atoms with Crippen molar-refractivity contribution < 1.29 is 0 Å². The molecule has 1 N–H and O–H groups in total. The van der Waals surface area contributed by atoms with E-state index in [4.69, 9.17) is 23.2 Å². The van der Waals surface area contributed by atoms with Crippen molar-refractivity contribution in [2.75, 3.05) is 11.9 Å². The highest BCUT2D eigenvalue weighted by Crippen LogP contribution is 2.23. The van der Waals surface area contributed by atoms with E-state index in [0.717, 1.165) is 18.7 Å². The van der Waals surface area contributed by atoms with Crippen molar-refractivity contribution in [3.05, 3.63) is 28.2 Å². The van der Waals surface area contributed by atoms with Gasteiger partial charge in [-0.2, -0.15) is 0 Å². The number of unbranched alkanes of at least 4 members (excludes halogenated alkanes) is 1. The largest absolute Gasteiger partial charge is 0.385 e. The first-order valence-electron chi connectivity index (χ1n) is 5.99. The van der Waals surface area contributed by atoms with Crippen LogP contribution < -0.4 is 5.32 Å². The standard InChI is InChI=1S/C14H20Cl2N/c1-14(2,3)6-4-5-7-17-13-9-11(15)8-12(16)10-13/h9-10,17H,4-7H2,1-3H3. The zero-order valence-corrected chi connectivity index (χ0v) is 12.3. The third-order valence-electron chi connectivity index (χ3n) is 2.49. The van der Waals surface area contributed by atoms with Gasteiger partial charge in [0.25, 0.3) is 0 Å². The molecule has 0 aliphatic rings. The Morgan fingerprint density at radius 3 is 2.24 bits per heavy atom. The van der Waals surface area contributed by atoms with Gasteiger partial charge >= 0.3 is 0 Å². The highest BCUT2D eigenvalue weighted by molar-refractivity contribution is 6.34. The van der Waals surface area contributed by atoms with E-state index >= 15 is 0 Å². The van der Waals surface area contributed by atoms with Crippen LogP contribution in [0, 0.1) is 11.5 Å². The van der Waals surface area contributed by atoms with Crippen LogP contribution >= 0.6 is 23.2 Å². The van der Waals surface area contributed by atoms with Gasteiger partial charge in [-0.05, 0) is 30.4 Å². The number of hydrogen-bond acceptors (Lipinski definition) is 1. The van der Waals surface area contributed by atoms with Crippen LogP contribution in [0.2, 0.25) is 10.0 Å². The first kappa shape index (κ1) is 14.7. The van der Waals surface area contributed by atoms with Gasteiger partial charge in [0.15, 0.2) is 0 Å². The smallest absolute Gasteiger partial charge is 0.0521 e. The van der Waals surface area contributed by atoms with E-state index in [1.807, 2.05) is 12.1 Å². The number of rotatable bonds is 5. The highest BCUT2D eigenvalue weighted by atomic mass is 35.5. The third-order valence-corrected chi connectivity index (χ3v) is 2.89. The van der Waals surface area contributed by atoms with E-state index in [1.165, 1.54) is 12.8 Å². The zero-order chi connectivity index (χ0) is 12.9. The Morgan fingerprint density at radius 1 is 1.12 bits per heavy atom. The maximum Gasteiger partial charge on any atom is 0.0521 e. The fraction of sp³-hybridized carbons (Fsp3) is 0.571. The maximum absolute atomic E-state index is 5.87. The Hall–Kier alpha value is -0.400. The van der Waals surface area contributed by atoms with Crippen LogP contribution in [-0.2, 0) is 0 Å². The number of benzene rings is 1. The molecule has 0 unspecified atom stereocenters. The SMILES string of the molecule is CC(C)(C)CCCCNc1cc(Cl)[c]c(Cl)c1. The van der Waals surface area contributed by atoms with Crippen molar-refractivity contribution >= 4 is 28.9 Å². The molecule has 1 radical (unpaired) electrons. The lowest BCUT2D eigenvalue weighted by Crippen LogP contribution is -2.07. The number of hydrogen-bond donors (Lipinski definition) is 1. The molecule has 0 atom stereocenters. The van der Waals surface area contributed by atoms with E-state index in [9.17, 15) is 0 Å². The molecule has 1 aromatic rings. The van der Waals surface area contributed by atoms with Crippen LogP contribution in [0.25, 0.3) is 0 Å². The molecule has 0 spiro atoms. The molecule has 0 aromatic heterocycles. The molecule has 95 valence electrons.